The van der Waals surface area contributed by atoms with E-state index in [0.29, 0.717) is 5.57 Å². The summed E-state index contributed by atoms with van der Waals surface area (Å²) in [5.74, 6) is -0.0515. The van der Waals surface area contributed by atoms with Crippen molar-refractivity contribution in [2.45, 2.75) is 52.0 Å². The van der Waals surface area contributed by atoms with Crippen LogP contribution < -0.4 is 5.32 Å². The molecule has 1 unspecified atom stereocenters. The molecule has 1 aromatic carbocycles. The van der Waals surface area contributed by atoms with Gasteiger partial charge in [0.25, 0.3) is 0 Å². The van der Waals surface area contributed by atoms with E-state index in [1.165, 1.54) is 24.8 Å². The number of nitrogens with one attached hydrogen (secondary N) is 1. The molecule has 0 bridgehead atoms. The Bertz CT molecular complexity index is 397. The van der Waals surface area contributed by atoms with E-state index in [1.54, 1.807) is 6.92 Å². The lowest BCUT2D eigenvalue weighted by molar-refractivity contribution is -0.118. The molecule has 104 valence electrons. The molecule has 0 radical (unpaired) electrons. The molecule has 1 aromatic rings. The van der Waals surface area contributed by atoms with E-state index in [9.17, 15) is 4.79 Å². The molecule has 0 aliphatic rings. The molecule has 1 rings (SSSR count). The van der Waals surface area contributed by atoms with Crippen LogP contribution in [0, 0.1) is 0 Å². The first-order chi connectivity index (χ1) is 9.15. The molecule has 19 heavy (non-hydrogen) atoms. The highest BCUT2D eigenvalue weighted by atomic mass is 16.1. The Morgan fingerprint density at radius 1 is 1.21 bits per heavy atom. The maximum atomic E-state index is 11.8. The molecule has 0 saturated heterocycles. The van der Waals surface area contributed by atoms with Crippen molar-refractivity contribution in [3.8, 4) is 0 Å². The van der Waals surface area contributed by atoms with Crippen molar-refractivity contribution < 1.29 is 4.79 Å². The minimum Gasteiger partial charge on any atom is -0.346 e. The van der Waals surface area contributed by atoms with Crippen LogP contribution in [0.4, 0.5) is 0 Å². The highest BCUT2D eigenvalue weighted by molar-refractivity contribution is 5.92. The third kappa shape index (κ3) is 5.73. The average Bonchev–Trinajstić information content (AvgIpc) is 2.42. The number of benzene rings is 1. The smallest absolute Gasteiger partial charge is 0.246 e. The summed E-state index contributed by atoms with van der Waals surface area (Å²) in [5.41, 5.74) is 1.74. The minimum atomic E-state index is -0.0515. The van der Waals surface area contributed by atoms with Crippen molar-refractivity contribution in [1.29, 1.82) is 0 Å². The van der Waals surface area contributed by atoms with Crippen LogP contribution in [0.15, 0.2) is 42.5 Å². The zero-order valence-electron chi connectivity index (χ0n) is 12.1. The third-order valence-corrected chi connectivity index (χ3v) is 3.24. The number of hydrogen-bond acceptors (Lipinski definition) is 1. The molecule has 0 saturated carbocycles. The van der Waals surface area contributed by atoms with Gasteiger partial charge in [-0.25, -0.2) is 0 Å². The van der Waals surface area contributed by atoms with E-state index in [2.05, 4.69) is 31.0 Å². The van der Waals surface area contributed by atoms with Crippen LogP contribution in [-0.4, -0.2) is 5.91 Å². The fourth-order valence-electron chi connectivity index (χ4n) is 2.06. The van der Waals surface area contributed by atoms with Crippen LogP contribution in [0.5, 0.6) is 0 Å². The summed E-state index contributed by atoms with van der Waals surface area (Å²) in [6.45, 7) is 7.65. The maximum absolute atomic E-state index is 11.8. The Labute approximate surface area is 116 Å². The highest BCUT2D eigenvalue weighted by Gasteiger charge is 2.14. The first-order valence-electron chi connectivity index (χ1n) is 7.16. The van der Waals surface area contributed by atoms with Crippen molar-refractivity contribution in [1.82, 2.24) is 5.32 Å². The number of rotatable bonds is 8. The first kappa shape index (κ1) is 15.5. The summed E-state index contributed by atoms with van der Waals surface area (Å²) in [6.07, 6.45) is 5.85. The lowest BCUT2D eigenvalue weighted by Gasteiger charge is -2.19. The summed E-state index contributed by atoms with van der Waals surface area (Å²) in [5, 5.41) is 3.07. The third-order valence-electron chi connectivity index (χ3n) is 3.24. The maximum Gasteiger partial charge on any atom is 0.246 e. The lowest BCUT2D eigenvalue weighted by Crippen LogP contribution is -2.28. The predicted octanol–water partition coefficient (Wildman–Crippen LogP) is 4.39. The Kier molecular flexibility index (Phi) is 6.94. The number of amides is 1. The van der Waals surface area contributed by atoms with Crippen molar-refractivity contribution in [3.05, 3.63) is 48.0 Å². The van der Waals surface area contributed by atoms with Crippen LogP contribution in [-0.2, 0) is 4.79 Å². The summed E-state index contributed by atoms with van der Waals surface area (Å²) in [7, 11) is 0. The summed E-state index contributed by atoms with van der Waals surface area (Å²) < 4.78 is 0. The number of carbonyl (C=O) groups excluding carboxylic acids is 1. The van der Waals surface area contributed by atoms with Crippen molar-refractivity contribution in [3.63, 3.8) is 0 Å². The second-order valence-corrected chi connectivity index (χ2v) is 5.07. The Morgan fingerprint density at radius 2 is 1.89 bits per heavy atom. The van der Waals surface area contributed by atoms with E-state index >= 15 is 0 Å². The van der Waals surface area contributed by atoms with Gasteiger partial charge in [0.15, 0.2) is 0 Å². The lowest BCUT2D eigenvalue weighted by atomic mass is 9.99. The number of unbranched alkanes of at least 4 members (excludes halogenated alkanes) is 3. The van der Waals surface area contributed by atoms with Crippen molar-refractivity contribution >= 4 is 5.91 Å². The van der Waals surface area contributed by atoms with Crippen LogP contribution in [0.1, 0.15) is 57.6 Å². The van der Waals surface area contributed by atoms with E-state index in [-0.39, 0.29) is 11.9 Å². The molecule has 1 amide bonds. The fraction of sp³-hybridized carbons (Fsp3) is 0.471. The van der Waals surface area contributed by atoms with E-state index in [0.717, 1.165) is 12.8 Å². The van der Waals surface area contributed by atoms with Crippen LogP contribution in [0.25, 0.3) is 0 Å². The standard InChI is InChI=1S/C17H25NO/c1-4-5-6-10-13-16(18-17(19)14(2)3)15-11-8-7-9-12-15/h7-9,11-12,16H,2,4-6,10,13H2,1,3H3,(H,18,19). The topological polar surface area (TPSA) is 29.1 Å². The van der Waals surface area contributed by atoms with Gasteiger partial charge in [0.2, 0.25) is 5.91 Å². The molecular formula is C17H25NO. The summed E-state index contributed by atoms with van der Waals surface area (Å²) in [6, 6.07) is 10.3. The molecule has 2 nitrogen and oxygen atoms in total. The Hall–Kier alpha value is -1.57. The normalized spacial score (nSPS) is 11.9. The molecule has 0 heterocycles. The molecule has 2 heteroatoms. The number of carbonyl (C=O) groups is 1. The second kappa shape index (κ2) is 8.52. The quantitative estimate of drug-likeness (QED) is 0.544. The molecule has 0 aliphatic heterocycles. The zero-order chi connectivity index (χ0) is 14.1. The molecule has 0 aliphatic carbocycles. The van der Waals surface area contributed by atoms with Crippen LogP contribution in [0.3, 0.4) is 0 Å². The van der Waals surface area contributed by atoms with Gasteiger partial charge in [-0.1, -0.05) is 69.5 Å². The molecular weight excluding hydrogens is 234 g/mol. The Morgan fingerprint density at radius 3 is 2.47 bits per heavy atom. The van der Waals surface area contributed by atoms with Crippen molar-refractivity contribution in [2.75, 3.05) is 0 Å². The predicted molar refractivity (Wildman–Crippen MR) is 80.9 cm³/mol. The van der Waals surface area contributed by atoms with Crippen LogP contribution in [0.2, 0.25) is 0 Å². The van der Waals surface area contributed by atoms with Gasteiger partial charge >= 0.3 is 0 Å². The van der Waals surface area contributed by atoms with Gasteiger partial charge in [0.05, 0.1) is 6.04 Å². The Balaban J connectivity index is 2.63. The molecule has 0 spiro atoms. The van der Waals surface area contributed by atoms with Crippen molar-refractivity contribution in [2.24, 2.45) is 0 Å². The fourth-order valence-corrected chi connectivity index (χ4v) is 2.06. The molecule has 1 atom stereocenters. The monoisotopic (exact) mass is 259 g/mol. The van der Waals surface area contributed by atoms with Gasteiger partial charge < -0.3 is 5.32 Å². The van der Waals surface area contributed by atoms with Gasteiger partial charge in [-0.15, -0.1) is 0 Å². The van der Waals surface area contributed by atoms with Gasteiger partial charge in [0.1, 0.15) is 0 Å². The average molecular weight is 259 g/mol. The molecule has 0 fully saturated rings. The summed E-state index contributed by atoms with van der Waals surface area (Å²) >= 11 is 0. The zero-order valence-corrected chi connectivity index (χ0v) is 12.1. The highest BCUT2D eigenvalue weighted by Crippen LogP contribution is 2.20. The number of hydrogen-bond donors (Lipinski definition) is 1. The first-order valence-corrected chi connectivity index (χ1v) is 7.16. The van der Waals surface area contributed by atoms with Gasteiger partial charge in [0, 0.05) is 5.57 Å². The molecule has 0 aromatic heterocycles. The van der Waals surface area contributed by atoms with Gasteiger partial charge in [-0.2, -0.15) is 0 Å². The van der Waals surface area contributed by atoms with E-state index in [1.807, 2.05) is 18.2 Å². The molecule has 1 N–H and O–H groups in total. The minimum absolute atomic E-state index is 0.0515. The summed E-state index contributed by atoms with van der Waals surface area (Å²) in [4.78, 5) is 11.8. The van der Waals surface area contributed by atoms with Crippen LogP contribution >= 0.6 is 0 Å². The van der Waals surface area contributed by atoms with E-state index in [4.69, 9.17) is 0 Å². The van der Waals surface area contributed by atoms with E-state index < -0.39 is 0 Å². The largest absolute Gasteiger partial charge is 0.346 e. The second-order valence-electron chi connectivity index (χ2n) is 5.07. The van der Waals surface area contributed by atoms with Gasteiger partial charge in [-0.3, -0.25) is 4.79 Å². The van der Waals surface area contributed by atoms with Gasteiger partial charge in [-0.05, 0) is 18.9 Å². The SMILES string of the molecule is C=C(C)C(=O)NC(CCCCCC)c1ccccc1.